The van der Waals surface area contributed by atoms with E-state index in [1.165, 1.54) is 0 Å². The summed E-state index contributed by atoms with van der Waals surface area (Å²) in [6, 6.07) is 12.5. The Bertz CT molecular complexity index is 869. The normalized spacial score (nSPS) is 10.7. The Hall–Kier alpha value is -2.17. The molecule has 0 aliphatic carbocycles. The van der Waals surface area contributed by atoms with Gasteiger partial charge in [0.25, 0.3) is 0 Å². The van der Waals surface area contributed by atoms with E-state index >= 15 is 0 Å². The van der Waals surface area contributed by atoms with Gasteiger partial charge in [0.1, 0.15) is 12.4 Å². The first kappa shape index (κ1) is 15.7. The Morgan fingerprint density at radius 2 is 1.91 bits per heavy atom. The molecule has 0 bridgehead atoms. The van der Waals surface area contributed by atoms with Gasteiger partial charge < -0.3 is 15.2 Å². The van der Waals surface area contributed by atoms with E-state index in [2.05, 4.69) is 4.98 Å². The molecule has 3 rings (SSSR count). The third-order valence-electron chi connectivity index (χ3n) is 3.40. The largest absolute Gasteiger partial charge is 0.497 e. The predicted molar refractivity (Wildman–Crippen MR) is 93.5 cm³/mol. The van der Waals surface area contributed by atoms with Crippen LogP contribution in [0.15, 0.2) is 42.5 Å². The van der Waals surface area contributed by atoms with E-state index < -0.39 is 0 Å². The molecular formula is C17H14Cl2N2O2. The highest BCUT2D eigenvalue weighted by atomic mass is 35.5. The van der Waals surface area contributed by atoms with Crippen molar-refractivity contribution in [3.05, 3.63) is 58.1 Å². The van der Waals surface area contributed by atoms with E-state index in [0.29, 0.717) is 39.5 Å². The second-order valence-corrected chi connectivity index (χ2v) is 5.81. The number of anilines is 1. The lowest BCUT2D eigenvalue weighted by Gasteiger charge is -2.10. The first-order valence-corrected chi connectivity index (χ1v) is 7.63. The molecule has 0 fully saturated rings. The van der Waals surface area contributed by atoms with Crippen molar-refractivity contribution >= 4 is 39.8 Å². The standard InChI is InChI=1S/C17H14Cl2N2O2/c1-22-13-6-10-3-5-16(21-17(10)15(20)8-13)23-9-11-2-4-12(18)7-14(11)19/h2-8H,9,20H2,1H3. The van der Waals surface area contributed by atoms with Crippen LogP contribution in [0.5, 0.6) is 11.6 Å². The van der Waals surface area contributed by atoms with E-state index in [9.17, 15) is 0 Å². The number of benzene rings is 2. The number of hydrogen-bond acceptors (Lipinski definition) is 4. The number of methoxy groups -OCH3 is 1. The number of fused-ring (bicyclic) bond motifs is 1. The summed E-state index contributed by atoms with van der Waals surface area (Å²) in [5, 5.41) is 2.03. The van der Waals surface area contributed by atoms with Gasteiger partial charge in [0, 0.05) is 33.1 Å². The second kappa shape index (κ2) is 6.52. The van der Waals surface area contributed by atoms with Crippen LogP contribution in [0.1, 0.15) is 5.56 Å². The Morgan fingerprint density at radius 3 is 2.65 bits per heavy atom. The van der Waals surface area contributed by atoms with E-state index in [-0.39, 0.29) is 0 Å². The van der Waals surface area contributed by atoms with Gasteiger partial charge in [0.2, 0.25) is 5.88 Å². The Balaban J connectivity index is 1.84. The average molecular weight is 349 g/mol. The fourth-order valence-electron chi connectivity index (χ4n) is 2.20. The number of halogens is 2. The van der Waals surface area contributed by atoms with Crippen molar-refractivity contribution < 1.29 is 9.47 Å². The van der Waals surface area contributed by atoms with Gasteiger partial charge in [-0.25, -0.2) is 4.98 Å². The Morgan fingerprint density at radius 1 is 1.09 bits per heavy atom. The number of nitrogens with two attached hydrogens (primary N) is 1. The van der Waals surface area contributed by atoms with E-state index in [4.69, 9.17) is 38.4 Å². The number of hydrogen-bond donors (Lipinski definition) is 1. The van der Waals surface area contributed by atoms with Gasteiger partial charge in [-0.15, -0.1) is 0 Å². The third kappa shape index (κ3) is 3.44. The van der Waals surface area contributed by atoms with Crippen molar-refractivity contribution in [2.24, 2.45) is 0 Å². The molecule has 0 spiro atoms. The zero-order valence-corrected chi connectivity index (χ0v) is 13.9. The van der Waals surface area contributed by atoms with Crippen LogP contribution in [-0.4, -0.2) is 12.1 Å². The number of aromatic nitrogens is 1. The molecule has 118 valence electrons. The second-order valence-electron chi connectivity index (χ2n) is 4.96. The van der Waals surface area contributed by atoms with Crippen LogP contribution >= 0.6 is 23.2 Å². The predicted octanol–water partition coefficient (Wildman–Crippen LogP) is 4.71. The fourth-order valence-corrected chi connectivity index (χ4v) is 2.67. The number of nitrogen functional groups attached to an aromatic ring is 1. The molecule has 1 heterocycles. The lowest BCUT2D eigenvalue weighted by atomic mass is 10.2. The summed E-state index contributed by atoms with van der Waals surface area (Å²) in [6.07, 6.45) is 0. The van der Waals surface area contributed by atoms with Crippen LogP contribution in [0.25, 0.3) is 10.9 Å². The quantitative estimate of drug-likeness (QED) is 0.693. The Labute approximate surface area is 143 Å². The fraction of sp³-hybridized carbons (Fsp3) is 0.118. The lowest BCUT2D eigenvalue weighted by molar-refractivity contribution is 0.295. The minimum atomic E-state index is 0.296. The summed E-state index contributed by atoms with van der Waals surface area (Å²) < 4.78 is 10.9. The van der Waals surface area contributed by atoms with Gasteiger partial charge in [-0.05, 0) is 24.3 Å². The SMILES string of the molecule is COc1cc(N)c2nc(OCc3ccc(Cl)cc3Cl)ccc2c1. The molecule has 1 aromatic heterocycles. The smallest absolute Gasteiger partial charge is 0.214 e. The molecule has 4 nitrogen and oxygen atoms in total. The third-order valence-corrected chi connectivity index (χ3v) is 3.98. The van der Waals surface area contributed by atoms with Gasteiger partial charge in [-0.3, -0.25) is 0 Å². The zero-order chi connectivity index (χ0) is 16.4. The van der Waals surface area contributed by atoms with Gasteiger partial charge in [-0.2, -0.15) is 0 Å². The highest BCUT2D eigenvalue weighted by Crippen LogP contribution is 2.28. The number of nitrogens with zero attached hydrogens (tertiary/aromatic N) is 1. The van der Waals surface area contributed by atoms with Crippen molar-refractivity contribution in [2.75, 3.05) is 12.8 Å². The monoisotopic (exact) mass is 348 g/mol. The number of rotatable bonds is 4. The van der Waals surface area contributed by atoms with Crippen molar-refractivity contribution in [3.8, 4) is 11.6 Å². The molecule has 0 saturated carbocycles. The highest BCUT2D eigenvalue weighted by molar-refractivity contribution is 6.35. The van der Waals surface area contributed by atoms with Crippen LogP contribution in [0.4, 0.5) is 5.69 Å². The van der Waals surface area contributed by atoms with Crippen LogP contribution in [0.2, 0.25) is 10.0 Å². The summed E-state index contributed by atoms with van der Waals surface area (Å²) in [4.78, 5) is 4.44. The van der Waals surface area contributed by atoms with Gasteiger partial charge in [-0.1, -0.05) is 29.3 Å². The van der Waals surface area contributed by atoms with Gasteiger partial charge in [0.05, 0.1) is 18.3 Å². The van der Waals surface area contributed by atoms with Crippen LogP contribution in [0.3, 0.4) is 0 Å². The summed E-state index contributed by atoms with van der Waals surface area (Å²) in [7, 11) is 1.60. The van der Waals surface area contributed by atoms with Crippen molar-refractivity contribution in [3.63, 3.8) is 0 Å². The molecule has 0 amide bonds. The lowest BCUT2D eigenvalue weighted by Crippen LogP contribution is -1.99. The molecule has 2 aromatic carbocycles. The van der Waals surface area contributed by atoms with Crippen molar-refractivity contribution in [2.45, 2.75) is 6.61 Å². The van der Waals surface area contributed by atoms with Crippen molar-refractivity contribution in [1.29, 1.82) is 0 Å². The summed E-state index contributed by atoms with van der Waals surface area (Å²) in [6.45, 7) is 0.296. The molecule has 3 aromatic rings. The molecular weight excluding hydrogens is 335 g/mol. The molecule has 2 N–H and O–H groups in total. The molecule has 23 heavy (non-hydrogen) atoms. The molecule has 6 heteroatoms. The Kier molecular flexibility index (Phi) is 4.46. The topological polar surface area (TPSA) is 57.4 Å². The molecule has 0 saturated heterocycles. The van der Waals surface area contributed by atoms with Crippen LogP contribution < -0.4 is 15.2 Å². The molecule has 0 radical (unpaired) electrons. The first-order valence-electron chi connectivity index (χ1n) is 6.88. The summed E-state index contributed by atoms with van der Waals surface area (Å²) in [5.41, 5.74) is 8.06. The summed E-state index contributed by atoms with van der Waals surface area (Å²) >= 11 is 12.0. The average Bonchev–Trinajstić information content (AvgIpc) is 2.54. The van der Waals surface area contributed by atoms with Gasteiger partial charge >= 0.3 is 0 Å². The molecule has 0 aliphatic rings. The molecule has 0 unspecified atom stereocenters. The van der Waals surface area contributed by atoms with E-state index in [0.717, 1.165) is 10.9 Å². The first-order chi connectivity index (χ1) is 11.1. The minimum Gasteiger partial charge on any atom is -0.497 e. The van der Waals surface area contributed by atoms with E-state index in [1.807, 2.05) is 18.2 Å². The number of ether oxygens (including phenoxy) is 2. The van der Waals surface area contributed by atoms with E-state index in [1.54, 1.807) is 31.4 Å². The molecule has 0 aliphatic heterocycles. The number of pyridine rings is 1. The van der Waals surface area contributed by atoms with Gasteiger partial charge in [0.15, 0.2) is 0 Å². The zero-order valence-electron chi connectivity index (χ0n) is 12.3. The highest BCUT2D eigenvalue weighted by Gasteiger charge is 2.07. The van der Waals surface area contributed by atoms with Crippen molar-refractivity contribution in [1.82, 2.24) is 4.98 Å². The maximum Gasteiger partial charge on any atom is 0.214 e. The van der Waals surface area contributed by atoms with Crippen LogP contribution in [-0.2, 0) is 6.61 Å². The van der Waals surface area contributed by atoms with Crippen LogP contribution in [0, 0.1) is 0 Å². The maximum atomic E-state index is 6.13. The maximum absolute atomic E-state index is 6.13. The molecule has 0 atom stereocenters. The summed E-state index contributed by atoms with van der Waals surface area (Å²) in [5.74, 6) is 1.17. The minimum absolute atomic E-state index is 0.296.